The van der Waals surface area contributed by atoms with E-state index >= 15 is 0 Å². The predicted molar refractivity (Wildman–Crippen MR) is 128 cm³/mol. The number of piperidine rings is 1. The normalized spacial score (nSPS) is 19.9. The number of nitrogens with one attached hydrogen (secondary N) is 2. The van der Waals surface area contributed by atoms with E-state index in [1.54, 1.807) is 6.07 Å². The number of amides is 1. The summed E-state index contributed by atoms with van der Waals surface area (Å²) in [7, 11) is 0. The van der Waals surface area contributed by atoms with Crippen LogP contribution in [-0.2, 0) is 9.53 Å². The van der Waals surface area contributed by atoms with Crippen molar-refractivity contribution in [1.29, 1.82) is 0 Å². The van der Waals surface area contributed by atoms with Gasteiger partial charge < -0.3 is 15.4 Å². The van der Waals surface area contributed by atoms with Gasteiger partial charge in [-0.2, -0.15) is 0 Å². The van der Waals surface area contributed by atoms with Crippen LogP contribution in [0.15, 0.2) is 30.5 Å². The molecule has 1 amide bonds. The summed E-state index contributed by atoms with van der Waals surface area (Å²) < 4.78 is 18.1. The quantitative estimate of drug-likeness (QED) is 0.594. The fraction of sp³-hybridized carbons (Fsp3) is 0.542. The molecule has 9 heteroatoms. The first-order chi connectivity index (χ1) is 16.1. The molecule has 0 unspecified atom stereocenters. The second-order valence-electron chi connectivity index (χ2n) is 8.71. The van der Waals surface area contributed by atoms with Crippen molar-refractivity contribution in [3.05, 3.63) is 35.5 Å². The molecule has 0 bridgehead atoms. The van der Waals surface area contributed by atoms with Crippen LogP contribution < -0.4 is 10.6 Å². The van der Waals surface area contributed by atoms with E-state index in [4.69, 9.17) is 21.3 Å². The van der Waals surface area contributed by atoms with Gasteiger partial charge in [0.1, 0.15) is 18.3 Å². The number of aromatic nitrogens is 2. The summed E-state index contributed by atoms with van der Waals surface area (Å²) in [6.45, 7) is 3.86. The highest BCUT2D eigenvalue weighted by molar-refractivity contribution is 6.33. The van der Waals surface area contributed by atoms with E-state index in [1.165, 1.54) is 6.20 Å². The van der Waals surface area contributed by atoms with Gasteiger partial charge in [0, 0.05) is 44.6 Å². The van der Waals surface area contributed by atoms with E-state index in [-0.39, 0.29) is 11.8 Å². The Morgan fingerprint density at radius 2 is 2.09 bits per heavy atom. The van der Waals surface area contributed by atoms with E-state index in [1.807, 2.05) is 23.1 Å². The number of nitrogens with zero attached hydrogens (tertiary/aromatic N) is 3. The Hall–Kier alpha value is -2.29. The standard InChI is InChI=1S/C24H31ClFN5O2/c25-20-15-28-23(30-24(32)18-3-2-9-31(16-18)10-8-26)13-19(20)21-4-1-5-22(29-21)27-14-17-6-11-33-12-7-17/h1,4-5,13,15,17-18H,2-3,6-12,14,16H2,(H,27,29)(H,28,30,32)/t18-/m1/s1. The second-order valence-corrected chi connectivity index (χ2v) is 9.12. The first-order valence-electron chi connectivity index (χ1n) is 11.7. The molecule has 0 aromatic carbocycles. The number of carbonyl (C=O) groups is 1. The summed E-state index contributed by atoms with van der Waals surface area (Å²) >= 11 is 6.43. The summed E-state index contributed by atoms with van der Waals surface area (Å²) in [5.41, 5.74) is 1.42. The van der Waals surface area contributed by atoms with Crippen molar-refractivity contribution in [2.45, 2.75) is 25.7 Å². The lowest BCUT2D eigenvalue weighted by molar-refractivity contribution is -0.121. The van der Waals surface area contributed by atoms with Gasteiger partial charge in [0.25, 0.3) is 0 Å². The van der Waals surface area contributed by atoms with Crippen LogP contribution in [0.3, 0.4) is 0 Å². The molecule has 2 aromatic rings. The molecule has 4 rings (SSSR count). The van der Waals surface area contributed by atoms with Crippen LogP contribution in [0.5, 0.6) is 0 Å². The van der Waals surface area contributed by atoms with E-state index in [0.29, 0.717) is 41.1 Å². The monoisotopic (exact) mass is 475 g/mol. The van der Waals surface area contributed by atoms with Gasteiger partial charge in [0.15, 0.2) is 0 Å². The third-order valence-corrected chi connectivity index (χ3v) is 6.62. The highest BCUT2D eigenvalue weighted by Gasteiger charge is 2.26. The molecule has 0 saturated carbocycles. The lowest BCUT2D eigenvalue weighted by Gasteiger charge is -2.31. The molecule has 0 radical (unpaired) electrons. The Bertz CT molecular complexity index is 939. The summed E-state index contributed by atoms with van der Waals surface area (Å²) in [5.74, 6) is 1.52. The van der Waals surface area contributed by atoms with Crippen molar-refractivity contribution in [2.24, 2.45) is 11.8 Å². The maximum absolute atomic E-state index is 12.8. The number of carbonyl (C=O) groups excluding carboxylic acids is 1. The molecule has 2 aromatic heterocycles. The third-order valence-electron chi connectivity index (χ3n) is 6.32. The molecule has 2 fully saturated rings. The lowest BCUT2D eigenvalue weighted by atomic mass is 9.97. The van der Waals surface area contributed by atoms with Crippen molar-refractivity contribution in [3.63, 3.8) is 0 Å². The highest BCUT2D eigenvalue weighted by atomic mass is 35.5. The zero-order chi connectivity index (χ0) is 23.0. The van der Waals surface area contributed by atoms with Crippen LogP contribution in [0.25, 0.3) is 11.3 Å². The Labute approximate surface area is 199 Å². The second kappa shape index (κ2) is 11.7. The number of pyridine rings is 2. The van der Waals surface area contributed by atoms with E-state index in [9.17, 15) is 9.18 Å². The van der Waals surface area contributed by atoms with Crippen LogP contribution in [0.4, 0.5) is 16.0 Å². The molecule has 2 aliphatic rings. The zero-order valence-corrected chi connectivity index (χ0v) is 19.5. The van der Waals surface area contributed by atoms with Crippen molar-refractivity contribution < 1.29 is 13.9 Å². The first kappa shape index (κ1) is 23.9. The number of halogens is 2. The van der Waals surface area contributed by atoms with Crippen LogP contribution >= 0.6 is 11.6 Å². The zero-order valence-electron chi connectivity index (χ0n) is 18.7. The molecule has 2 saturated heterocycles. The average molecular weight is 476 g/mol. The molecule has 33 heavy (non-hydrogen) atoms. The Morgan fingerprint density at radius 3 is 2.91 bits per heavy atom. The van der Waals surface area contributed by atoms with Crippen molar-refractivity contribution in [2.75, 3.05) is 56.7 Å². The van der Waals surface area contributed by atoms with Crippen molar-refractivity contribution in [3.8, 4) is 11.3 Å². The third kappa shape index (κ3) is 6.62. The van der Waals surface area contributed by atoms with Gasteiger partial charge in [-0.25, -0.2) is 14.4 Å². The number of hydrogen-bond acceptors (Lipinski definition) is 6. The molecule has 0 spiro atoms. The van der Waals surface area contributed by atoms with Gasteiger partial charge >= 0.3 is 0 Å². The molecular weight excluding hydrogens is 445 g/mol. The van der Waals surface area contributed by atoms with E-state index < -0.39 is 6.67 Å². The Morgan fingerprint density at radius 1 is 1.24 bits per heavy atom. The smallest absolute Gasteiger partial charge is 0.229 e. The van der Waals surface area contributed by atoms with Crippen molar-refractivity contribution >= 4 is 29.1 Å². The number of likely N-dealkylation sites (tertiary alicyclic amines) is 1. The maximum Gasteiger partial charge on any atom is 0.229 e. The van der Waals surface area contributed by atoms with Gasteiger partial charge in [0.2, 0.25) is 5.91 Å². The van der Waals surface area contributed by atoms with Crippen LogP contribution in [-0.4, -0.2) is 66.8 Å². The lowest BCUT2D eigenvalue weighted by Crippen LogP contribution is -2.41. The van der Waals surface area contributed by atoms with Gasteiger partial charge in [-0.1, -0.05) is 17.7 Å². The van der Waals surface area contributed by atoms with Gasteiger partial charge in [-0.3, -0.25) is 9.69 Å². The minimum absolute atomic E-state index is 0.0980. The van der Waals surface area contributed by atoms with Gasteiger partial charge in [0.05, 0.1) is 16.6 Å². The topological polar surface area (TPSA) is 79.4 Å². The molecular formula is C24H31ClFN5O2. The fourth-order valence-electron chi connectivity index (χ4n) is 4.41. The number of rotatable bonds is 8. The minimum atomic E-state index is -0.396. The summed E-state index contributed by atoms with van der Waals surface area (Å²) in [6, 6.07) is 7.52. The molecule has 0 aliphatic carbocycles. The Balaban J connectivity index is 1.42. The van der Waals surface area contributed by atoms with Crippen LogP contribution in [0.1, 0.15) is 25.7 Å². The fourth-order valence-corrected chi connectivity index (χ4v) is 4.61. The average Bonchev–Trinajstić information content (AvgIpc) is 2.85. The number of anilines is 2. The van der Waals surface area contributed by atoms with Gasteiger partial charge in [-0.05, 0) is 56.3 Å². The summed E-state index contributed by atoms with van der Waals surface area (Å²) in [5, 5.41) is 6.80. The molecule has 7 nitrogen and oxygen atoms in total. The highest BCUT2D eigenvalue weighted by Crippen LogP contribution is 2.29. The molecule has 1 atom stereocenters. The van der Waals surface area contributed by atoms with Crippen LogP contribution in [0, 0.1) is 11.8 Å². The van der Waals surface area contributed by atoms with Crippen molar-refractivity contribution in [1.82, 2.24) is 14.9 Å². The SMILES string of the molecule is O=C(Nc1cc(-c2cccc(NCC3CCOCC3)n2)c(Cl)cn1)[C@@H]1CCCN(CCF)C1. The van der Waals surface area contributed by atoms with Gasteiger partial charge in [-0.15, -0.1) is 0 Å². The Kier molecular flexibility index (Phi) is 8.47. The largest absolute Gasteiger partial charge is 0.381 e. The summed E-state index contributed by atoms with van der Waals surface area (Å²) in [6.07, 6.45) is 5.32. The predicted octanol–water partition coefficient (Wildman–Crippen LogP) is 4.26. The van der Waals surface area contributed by atoms with E-state index in [0.717, 1.165) is 57.8 Å². The molecule has 2 aliphatic heterocycles. The molecule has 4 heterocycles. The first-order valence-corrected chi connectivity index (χ1v) is 12.0. The molecule has 2 N–H and O–H groups in total. The number of alkyl halides is 1. The van der Waals surface area contributed by atoms with Crippen LogP contribution in [0.2, 0.25) is 5.02 Å². The number of ether oxygens (including phenoxy) is 1. The van der Waals surface area contributed by atoms with E-state index in [2.05, 4.69) is 15.6 Å². The maximum atomic E-state index is 12.8. The molecule has 178 valence electrons. The summed E-state index contributed by atoms with van der Waals surface area (Å²) in [4.78, 5) is 23.8. The number of hydrogen-bond donors (Lipinski definition) is 2. The minimum Gasteiger partial charge on any atom is -0.381 e.